The van der Waals surface area contributed by atoms with Gasteiger partial charge in [-0.05, 0) is 99.1 Å². The third-order valence-electron chi connectivity index (χ3n) is 14.8. The van der Waals surface area contributed by atoms with Crippen LogP contribution < -0.4 is 9.80 Å². The number of hydrogen-bond donors (Lipinski definition) is 0. The van der Waals surface area contributed by atoms with Gasteiger partial charge in [0.15, 0.2) is 11.6 Å². The maximum atomic E-state index is 5.70. The van der Waals surface area contributed by atoms with Gasteiger partial charge in [-0.25, -0.2) is 4.98 Å². The Bertz CT molecular complexity index is 4040. The first-order chi connectivity index (χ1) is 34.8. The average Bonchev–Trinajstić information content (AvgIpc) is 4.05. The Morgan fingerprint density at radius 3 is 1.54 bits per heavy atom. The summed E-state index contributed by atoms with van der Waals surface area (Å²) in [5, 5.41) is 2.21. The molecule has 0 atom stereocenters. The summed E-state index contributed by atoms with van der Waals surface area (Å²) in [6, 6.07) is 87.2. The van der Waals surface area contributed by atoms with Crippen molar-refractivity contribution in [1.82, 2.24) is 19.5 Å². The third-order valence-corrected chi connectivity index (χ3v) is 14.8. The summed E-state index contributed by atoms with van der Waals surface area (Å²) < 4.78 is 2.29. The van der Waals surface area contributed by atoms with Crippen molar-refractivity contribution in [1.29, 1.82) is 0 Å². The summed E-state index contributed by atoms with van der Waals surface area (Å²) >= 11 is 0. The fourth-order valence-electron chi connectivity index (χ4n) is 12.1. The van der Waals surface area contributed by atoms with Crippen molar-refractivity contribution in [2.24, 2.45) is 0 Å². The monoisotopic (exact) mass is 892 g/mol. The van der Waals surface area contributed by atoms with Crippen LogP contribution in [-0.4, -0.2) is 19.5 Å². The minimum atomic E-state index is -0.513. The normalized spacial score (nSPS) is 13.5. The molecule has 10 aromatic carbocycles. The molecule has 0 fully saturated rings. The molecule has 0 N–H and O–H groups in total. The Morgan fingerprint density at radius 2 is 0.843 bits per heavy atom. The van der Waals surface area contributed by atoms with Crippen molar-refractivity contribution >= 4 is 55.9 Å². The van der Waals surface area contributed by atoms with E-state index in [1.807, 2.05) is 6.07 Å². The van der Waals surface area contributed by atoms with Crippen molar-refractivity contribution in [3.8, 4) is 51.0 Å². The smallest absolute Gasteiger partial charge is 0.238 e. The molecule has 0 saturated heterocycles. The molecule has 6 heteroatoms. The zero-order chi connectivity index (χ0) is 45.9. The first kappa shape index (κ1) is 38.7. The summed E-state index contributed by atoms with van der Waals surface area (Å²) in [6.45, 7) is 0. The minimum Gasteiger partial charge on any atom is -0.306 e. The molecule has 3 aliphatic rings. The number of para-hydroxylation sites is 5. The molecule has 0 amide bonds. The molecule has 15 rings (SSSR count). The Kier molecular flexibility index (Phi) is 8.18. The van der Waals surface area contributed by atoms with Crippen molar-refractivity contribution in [2.45, 2.75) is 5.41 Å². The Hall–Kier alpha value is -9.39. The van der Waals surface area contributed by atoms with E-state index in [1.54, 1.807) is 0 Å². The van der Waals surface area contributed by atoms with Gasteiger partial charge >= 0.3 is 0 Å². The Morgan fingerprint density at radius 1 is 0.329 bits per heavy atom. The summed E-state index contributed by atoms with van der Waals surface area (Å²) in [5.74, 6) is 1.75. The molecule has 0 bridgehead atoms. The zero-order valence-corrected chi connectivity index (χ0v) is 37.8. The second-order valence-corrected chi connectivity index (χ2v) is 18.3. The molecule has 2 aromatic heterocycles. The quantitative estimate of drug-likeness (QED) is 0.172. The van der Waals surface area contributed by atoms with E-state index in [0.29, 0.717) is 17.6 Å². The van der Waals surface area contributed by atoms with E-state index in [0.717, 1.165) is 72.6 Å². The molecule has 1 aliphatic heterocycles. The lowest BCUT2D eigenvalue weighted by Crippen LogP contribution is -2.25. The largest absolute Gasteiger partial charge is 0.306 e. The van der Waals surface area contributed by atoms with Crippen LogP contribution in [0.2, 0.25) is 0 Å². The molecule has 0 radical (unpaired) electrons. The lowest BCUT2D eigenvalue weighted by atomic mass is 9.70. The molecular weight excluding hydrogens is 853 g/mol. The molecule has 1 spiro atoms. The van der Waals surface area contributed by atoms with Crippen LogP contribution in [0.3, 0.4) is 0 Å². The molecule has 0 unspecified atom stereocenters. The number of fused-ring (bicyclic) bond motifs is 16. The lowest BCUT2D eigenvalue weighted by molar-refractivity contribution is 0.794. The highest BCUT2D eigenvalue weighted by Gasteiger charge is 2.52. The first-order valence-electron chi connectivity index (χ1n) is 23.9. The maximum absolute atomic E-state index is 5.70. The van der Waals surface area contributed by atoms with Crippen molar-refractivity contribution in [3.05, 3.63) is 265 Å². The standard InChI is InChI=1S/C64H40N6/c1-4-21-41(22-5-1)61-65-62(49-31-20-35-53-58(49)48-30-12-16-34-52(48)64(53)50-32-14-10-27-44(50)45-28-11-15-33-51(45)64)67-63(66-61)70-54-36-17-13-29-46(54)47-39-40-57-60(59(47)70)69(43-25-8-3-9-26-43)56-38-19-18-37-55(56)68(57)42-23-6-2-7-24-42/h1-40H. The van der Waals surface area contributed by atoms with Gasteiger partial charge in [0.05, 0.1) is 39.2 Å². The zero-order valence-electron chi connectivity index (χ0n) is 37.8. The Balaban J connectivity index is 1.05. The van der Waals surface area contributed by atoms with Gasteiger partial charge in [0.1, 0.15) is 0 Å². The van der Waals surface area contributed by atoms with E-state index in [4.69, 9.17) is 15.0 Å². The van der Waals surface area contributed by atoms with Gasteiger partial charge in [-0.2, -0.15) is 9.97 Å². The van der Waals surface area contributed by atoms with Gasteiger partial charge in [0, 0.05) is 33.3 Å². The highest BCUT2D eigenvalue weighted by Crippen LogP contribution is 2.64. The van der Waals surface area contributed by atoms with Gasteiger partial charge in [0.2, 0.25) is 5.95 Å². The molecule has 6 nitrogen and oxygen atoms in total. The second-order valence-electron chi connectivity index (χ2n) is 18.3. The topological polar surface area (TPSA) is 50.1 Å². The van der Waals surface area contributed by atoms with Crippen LogP contribution in [0.4, 0.5) is 34.1 Å². The summed E-state index contributed by atoms with van der Waals surface area (Å²) in [4.78, 5) is 21.5. The molecule has 0 saturated carbocycles. The average molecular weight is 893 g/mol. The van der Waals surface area contributed by atoms with Crippen molar-refractivity contribution in [3.63, 3.8) is 0 Å². The van der Waals surface area contributed by atoms with Gasteiger partial charge in [0.25, 0.3) is 0 Å². The number of aromatic nitrogens is 4. The highest BCUT2D eigenvalue weighted by atomic mass is 15.3. The maximum Gasteiger partial charge on any atom is 0.238 e. The van der Waals surface area contributed by atoms with Crippen LogP contribution in [0.1, 0.15) is 22.3 Å². The number of anilines is 6. The summed E-state index contributed by atoms with van der Waals surface area (Å²) in [5.41, 5.74) is 19.7. The van der Waals surface area contributed by atoms with Gasteiger partial charge in [-0.1, -0.05) is 188 Å². The number of nitrogens with zero attached hydrogens (tertiary/aromatic N) is 6. The van der Waals surface area contributed by atoms with Crippen LogP contribution in [0.25, 0.3) is 72.8 Å². The molecule has 70 heavy (non-hydrogen) atoms. The van der Waals surface area contributed by atoms with Gasteiger partial charge < -0.3 is 9.80 Å². The van der Waals surface area contributed by atoms with Gasteiger partial charge in [-0.3, -0.25) is 4.57 Å². The Labute approximate surface area is 404 Å². The second kappa shape index (κ2) is 14.8. The van der Waals surface area contributed by atoms with E-state index >= 15 is 0 Å². The fourth-order valence-corrected chi connectivity index (χ4v) is 12.1. The number of benzene rings is 10. The SMILES string of the molecule is c1ccc(-c2nc(-c3cccc4c3-c3ccccc3C43c4ccccc4-c4ccccc43)nc(-n3c4ccccc4c4ccc5c(c43)N(c3ccccc3)c3ccccc3N5c3ccccc3)n2)cc1. The van der Waals surface area contributed by atoms with E-state index in [1.165, 1.54) is 38.9 Å². The van der Waals surface area contributed by atoms with E-state index in [-0.39, 0.29) is 0 Å². The predicted molar refractivity (Wildman–Crippen MR) is 284 cm³/mol. The van der Waals surface area contributed by atoms with Crippen LogP contribution in [-0.2, 0) is 5.41 Å². The molecule has 12 aromatic rings. The van der Waals surface area contributed by atoms with Crippen LogP contribution >= 0.6 is 0 Å². The van der Waals surface area contributed by atoms with Crippen LogP contribution in [0.15, 0.2) is 243 Å². The van der Waals surface area contributed by atoms with E-state index < -0.39 is 5.41 Å². The fraction of sp³-hybridized carbons (Fsp3) is 0.0156. The number of hydrogen-bond acceptors (Lipinski definition) is 5. The minimum absolute atomic E-state index is 0.513. The van der Waals surface area contributed by atoms with E-state index in [9.17, 15) is 0 Å². The number of rotatable bonds is 5. The predicted octanol–water partition coefficient (Wildman–Crippen LogP) is 15.9. The molecular formula is C64H40N6. The highest BCUT2D eigenvalue weighted by molar-refractivity contribution is 6.19. The first-order valence-corrected chi connectivity index (χ1v) is 23.9. The third kappa shape index (κ3) is 5.24. The van der Waals surface area contributed by atoms with Gasteiger partial charge in [-0.15, -0.1) is 0 Å². The summed E-state index contributed by atoms with van der Waals surface area (Å²) in [6.07, 6.45) is 0. The molecule has 2 aliphatic carbocycles. The van der Waals surface area contributed by atoms with Crippen molar-refractivity contribution < 1.29 is 0 Å². The van der Waals surface area contributed by atoms with Crippen molar-refractivity contribution in [2.75, 3.05) is 9.80 Å². The van der Waals surface area contributed by atoms with Crippen LogP contribution in [0, 0.1) is 0 Å². The van der Waals surface area contributed by atoms with E-state index in [2.05, 4.69) is 251 Å². The summed E-state index contributed by atoms with van der Waals surface area (Å²) in [7, 11) is 0. The van der Waals surface area contributed by atoms with Crippen LogP contribution in [0.5, 0.6) is 0 Å². The molecule has 326 valence electrons. The molecule has 3 heterocycles. The lowest BCUT2D eigenvalue weighted by Gasteiger charge is -2.40.